The Morgan fingerprint density at radius 1 is 1.35 bits per heavy atom. The Morgan fingerprint density at radius 2 is 2.00 bits per heavy atom. The maximum atomic E-state index is 12.4. The fourth-order valence-corrected chi connectivity index (χ4v) is 2.12. The van der Waals surface area contributed by atoms with Gasteiger partial charge in [-0.05, 0) is 30.7 Å². The van der Waals surface area contributed by atoms with Crippen LogP contribution in [0.2, 0.25) is 0 Å². The van der Waals surface area contributed by atoms with Crippen LogP contribution in [0.4, 0.5) is 5.69 Å². The van der Waals surface area contributed by atoms with Gasteiger partial charge < -0.3 is 20.3 Å². The molecule has 5 nitrogen and oxygen atoms in total. The lowest BCUT2D eigenvalue weighted by Gasteiger charge is -2.18. The number of hydrogen-bond acceptors (Lipinski definition) is 3. The quantitative estimate of drug-likeness (QED) is 0.895. The highest BCUT2D eigenvalue weighted by molar-refractivity contribution is 5.93. The lowest BCUT2D eigenvalue weighted by atomic mass is 10.2. The summed E-state index contributed by atoms with van der Waals surface area (Å²) in [5, 5.41) is 9.25. The molecule has 0 unspecified atom stereocenters. The molecule has 0 saturated heterocycles. The lowest BCUT2D eigenvalue weighted by molar-refractivity contribution is 0.0774. The number of benzene rings is 1. The normalized spacial score (nSPS) is 10.5. The topological polar surface area (TPSA) is 71.5 Å². The monoisotopic (exact) mass is 273 g/mol. The zero-order chi connectivity index (χ0) is 14.7. The Labute approximate surface area is 118 Å². The summed E-state index contributed by atoms with van der Waals surface area (Å²) < 4.78 is 1.84. The zero-order valence-corrected chi connectivity index (χ0v) is 11.7. The minimum atomic E-state index is -0.0726. The Morgan fingerprint density at radius 3 is 2.60 bits per heavy atom. The van der Waals surface area contributed by atoms with Gasteiger partial charge in [-0.3, -0.25) is 4.79 Å². The van der Waals surface area contributed by atoms with Crippen LogP contribution in [-0.2, 0) is 13.1 Å². The van der Waals surface area contributed by atoms with Gasteiger partial charge in [-0.25, -0.2) is 0 Å². The van der Waals surface area contributed by atoms with E-state index in [-0.39, 0.29) is 11.7 Å². The zero-order valence-electron chi connectivity index (χ0n) is 11.7. The molecule has 5 heteroatoms. The molecule has 0 aliphatic rings. The molecule has 0 radical (unpaired) electrons. The Balaban J connectivity index is 2.14. The van der Waals surface area contributed by atoms with Crippen LogP contribution in [-0.4, -0.2) is 27.5 Å². The minimum absolute atomic E-state index is 0.0726. The highest BCUT2D eigenvalue weighted by Crippen LogP contribution is 2.15. The number of rotatable bonds is 4. The van der Waals surface area contributed by atoms with Gasteiger partial charge in [0.1, 0.15) is 11.4 Å². The summed E-state index contributed by atoms with van der Waals surface area (Å²) in [6.07, 6.45) is 1.77. The average molecular weight is 273 g/mol. The molecule has 0 bridgehead atoms. The minimum Gasteiger partial charge on any atom is -0.508 e. The molecule has 20 heavy (non-hydrogen) atoms. The number of nitrogens with zero attached hydrogens (tertiary/aromatic N) is 2. The molecule has 0 spiro atoms. The summed E-state index contributed by atoms with van der Waals surface area (Å²) in [6, 6.07) is 8.51. The van der Waals surface area contributed by atoms with Crippen molar-refractivity contribution >= 4 is 11.6 Å². The largest absolute Gasteiger partial charge is 0.508 e. The van der Waals surface area contributed by atoms with E-state index in [1.165, 1.54) is 0 Å². The molecule has 0 aliphatic carbocycles. The van der Waals surface area contributed by atoms with Crippen molar-refractivity contribution < 1.29 is 9.90 Å². The second-order valence-electron chi connectivity index (χ2n) is 4.77. The van der Waals surface area contributed by atoms with Crippen LogP contribution in [0.25, 0.3) is 0 Å². The maximum absolute atomic E-state index is 12.4. The van der Waals surface area contributed by atoms with Crippen molar-refractivity contribution in [3.8, 4) is 5.75 Å². The molecular weight excluding hydrogens is 254 g/mol. The molecule has 3 N–H and O–H groups in total. The number of nitrogens with two attached hydrogens (primary N) is 1. The van der Waals surface area contributed by atoms with Gasteiger partial charge in [0.25, 0.3) is 5.91 Å². The Bertz CT molecular complexity index is 602. The van der Waals surface area contributed by atoms with Crippen LogP contribution in [0.3, 0.4) is 0 Å². The van der Waals surface area contributed by atoms with Crippen molar-refractivity contribution in [1.82, 2.24) is 9.47 Å². The summed E-state index contributed by atoms with van der Waals surface area (Å²) in [6.45, 7) is 3.15. The van der Waals surface area contributed by atoms with Crippen molar-refractivity contribution in [3.05, 3.63) is 47.8 Å². The highest BCUT2D eigenvalue weighted by Gasteiger charge is 2.16. The molecule has 1 aromatic carbocycles. The first-order valence-electron chi connectivity index (χ1n) is 6.50. The van der Waals surface area contributed by atoms with E-state index < -0.39 is 0 Å². The summed E-state index contributed by atoms with van der Waals surface area (Å²) in [4.78, 5) is 14.0. The number of hydrogen-bond donors (Lipinski definition) is 2. The summed E-state index contributed by atoms with van der Waals surface area (Å²) >= 11 is 0. The van der Waals surface area contributed by atoms with E-state index in [9.17, 15) is 9.90 Å². The molecule has 1 aromatic heterocycles. The van der Waals surface area contributed by atoms with Gasteiger partial charge in [-0.15, -0.1) is 0 Å². The standard InChI is InChI=1S/C15H19N3O2/c1-3-18-10-12(16)8-14(18)15(20)17(2)9-11-4-6-13(19)7-5-11/h4-8,10,19H,3,9,16H2,1-2H3. The predicted molar refractivity (Wildman–Crippen MR) is 78.4 cm³/mol. The molecule has 1 heterocycles. The lowest BCUT2D eigenvalue weighted by Crippen LogP contribution is -2.28. The fourth-order valence-electron chi connectivity index (χ4n) is 2.12. The van der Waals surface area contributed by atoms with E-state index in [4.69, 9.17) is 5.73 Å². The number of phenols is 1. The van der Waals surface area contributed by atoms with Crippen LogP contribution in [0.15, 0.2) is 36.5 Å². The second-order valence-corrected chi connectivity index (χ2v) is 4.77. The third-order valence-electron chi connectivity index (χ3n) is 3.18. The molecule has 106 valence electrons. The summed E-state index contributed by atoms with van der Waals surface area (Å²) in [5.74, 6) is 0.145. The first kappa shape index (κ1) is 14.0. The molecule has 2 aromatic rings. The number of aromatic nitrogens is 1. The molecular formula is C15H19N3O2. The summed E-state index contributed by atoms with van der Waals surface area (Å²) in [7, 11) is 1.75. The van der Waals surface area contributed by atoms with E-state index >= 15 is 0 Å². The van der Waals surface area contributed by atoms with Crippen molar-refractivity contribution in [3.63, 3.8) is 0 Å². The van der Waals surface area contributed by atoms with E-state index in [0.717, 1.165) is 5.56 Å². The molecule has 0 saturated carbocycles. The van der Waals surface area contributed by atoms with Crippen molar-refractivity contribution in [2.45, 2.75) is 20.0 Å². The number of anilines is 1. The van der Waals surface area contributed by atoms with Gasteiger partial charge in [-0.2, -0.15) is 0 Å². The van der Waals surface area contributed by atoms with Gasteiger partial charge in [0.05, 0.1) is 5.69 Å². The van der Waals surface area contributed by atoms with E-state index in [1.54, 1.807) is 48.5 Å². The Hall–Kier alpha value is -2.43. The summed E-state index contributed by atoms with van der Waals surface area (Å²) in [5.41, 5.74) is 7.88. The maximum Gasteiger partial charge on any atom is 0.270 e. The first-order valence-corrected chi connectivity index (χ1v) is 6.50. The Kier molecular flexibility index (Phi) is 3.98. The number of carbonyl (C=O) groups is 1. The molecule has 0 atom stereocenters. The number of amides is 1. The van der Waals surface area contributed by atoms with Gasteiger partial charge in [0.2, 0.25) is 0 Å². The van der Waals surface area contributed by atoms with Gasteiger partial charge in [0, 0.05) is 26.3 Å². The smallest absolute Gasteiger partial charge is 0.270 e. The van der Waals surface area contributed by atoms with Crippen LogP contribution < -0.4 is 5.73 Å². The van der Waals surface area contributed by atoms with Crippen molar-refractivity contribution in [1.29, 1.82) is 0 Å². The molecule has 2 rings (SSSR count). The number of aryl methyl sites for hydroxylation is 1. The van der Waals surface area contributed by atoms with Gasteiger partial charge in [-0.1, -0.05) is 12.1 Å². The molecule has 0 aliphatic heterocycles. The number of phenolic OH excluding ortho intramolecular Hbond substituents is 1. The highest BCUT2D eigenvalue weighted by atomic mass is 16.3. The SMILES string of the molecule is CCn1cc(N)cc1C(=O)N(C)Cc1ccc(O)cc1. The number of carbonyl (C=O) groups excluding carboxylic acids is 1. The van der Waals surface area contributed by atoms with Crippen LogP contribution in [0.1, 0.15) is 23.0 Å². The number of nitrogen functional groups attached to an aromatic ring is 1. The van der Waals surface area contributed by atoms with Gasteiger partial charge >= 0.3 is 0 Å². The van der Waals surface area contributed by atoms with E-state index in [1.807, 2.05) is 11.5 Å². The third kappa shape index (κ3) is 2.93. The van der Waals surface area contributed by atoms with E-state index in [0.29, 0.717) is 24.5 Å². The second kappa shape index (κ2) is 5.69. The molecule has 1 amide bonds. The number of aromatic hydroxyl groups is 1. The third-order valence-corrected chi connectivity index (χ3v) is 3.18. The predicted octanol–water partition coefficient (Wildman–Crippen LogP) is 2.07. The van der Waals surface area contributed by atoms with Crippen LogP contribution in [0.5, 0.6) is 5.75 Å². The van der Waals surface area contributed by atoms with E-state index in [2.05, 4.69) is 0 Å². The first-order chi connectivity index (χ1) is 9.51. The van der Waals surface area contributed by atoms with Crippen molar-refractivity contribution in [2.75, 3.05) is 12.8 Å². The fraction of sp³-hybridized carbons (Fsp3) is 0.267. The molecule has 0 fully saturated rings. The van der Waals surface area contributed by atoms with Crippen LogP contribution >= 0.6 is 0 Å². The van der Waals surface area contributed by atoms with Crippen molar-refractivity contribution in [2.24, 2.45) is 0 Å². The van der Waals surface area contributed by atoms with Crippen LogP contribution in [0, 0.1) is 0 Å². The average Bonchev–Trinajstić information content (AvgIpc) is 2.81. The van der Waals surface area contributed by atoms with Gasteiger partial charge in [0.15, 0.2) is 0 Å².